The highest BCUT2D eigenvalue weighted by molar-refractivity contribution is 5.85. The largest absolute Gasteiger partial charge is 0.316 e. The van der Waals surface area contributed by atoms with E-state index in [1.165, 1.54) is 0 Å². The zero-order valence-corrected chi connectivity index (χ0v) is 9.64. The van der Waals surface area contributed by atoms with Gasteiger partial charge in [0.25, 0.3) is 0 Å². The molecule has 15 heavy (non-hydrogen) atoms. The highest BCUT2D eigenvalue weighted by atomic mass is 16.1. The Labute approximate surface area is 92.8 Å². The van der Waals surface area contributed by atoms with E-state index in [4.69, 9.17) is 6.42 Å². The average molecular weight is 207 g/mol. The number of carbonyl (C=O) groups excluding carboxylic acids is 1. The van der Waals surface area contributed by atoms with Gasteiger partial charge in [0.2, 0.25) is 0 Å². The summed E-state index contributed by atoms with van der Waals surface area (Å²) in [6.07, 6.45) is 10.5. The third kappa shape index (κ3) is 3.07. The Balaban J connectivity index is 2.49. The van der Waals surface area contributed by atoms with E-state index >= 15 is 0 Å². The molecule has 1 atom stereocenters. The van der Waals surface area contributed by atoms with Crippen LogP contribution in [0.5, 0.6) is 0 Å². The molecule has 2 heteroatoms. The van der Waals surface area contributed by atoms with E-state index in [0.29, 0.717) is 12.2 Å². The number of terminal acetylenes is 1. The van der Waals surface area contributed by atoms with Gasteiger partial charge in [-0.2, -0.15) is 0 Å². The van der Waals surface area contributed by atoms with Crippen molar-refractivity contribution in [2.45, 2.75) is 45.4 Å². The van der Waals surface area contributed by atoms with Crippen molar-refractivity contribution in [1.29, 1.82) is 0 Å². The van der Waals surface area contributed by atoms with Crippen LogP contribution in [0.15, 0.2) is 0 Å². The minimum atomic E-state index is -0.0661. The number of nitrogens with one attached hydrogen (secondary N) is 1. The van der Waals surface area contributed by atoms with Gasteiger partial charge >= 0.3 is 0 Å². The van der Waals surface area contributed by atoms with Crippen LogP contribution in [0.25, 0.3) is 0 Å². The van der Waals surface area contributed by atoms with E-state index in [9.17, 15) is 4.79 Å². The van der Waals surface area contributed by atoms with Crippen molar-refractivity contribution in [1.82, 2.24) is 5.32 Å². The lowest BCUT2D eigenvalue weighted by Gasteiger charge is -2.26. The van der Waals surface area contributed by atoms with E-state index in [-0.39, 0.29) is 5.41 Å². The maximum atomic E-state index is 12.1. The Kier molecular flexibility index (Phi) is 4.84. The second-order valence-electron chi connectivity index (χ2n) is 4.44. The summed E-state index contributed by atoms with van der Waals surface area (Å²) in [7, 11) is 0. The van der Waals surface area contributed by atoms with E-state index in [1.54, 1.807) is 0 Å². The second kappa shape index (κ2) is 5.92. The van der Waals surface area contributed by atoms with Crippen molar-refractivity contribution in [3.05, 3.63) is 0 Å². The summed E-state index contributed by atoms with van der Waals surface area (Å²) in [5.41, 5.74) is -0.0661. The van der Waals surface area contributed by atoms with Crippen LogP contribution in [-0.2, 0) is 4.79 Å². The third-order valence-corrected chi connectivity index (χ3v) is 3.29. The highest BCUT2D eigenvalue weighted by Crippen LogP contribution is 2.33. The van der Waals surface area contributed by atoms with Gasteiger partial charge in [-0.1, -0.05) is 13.3 Å². The number of rotatable bonds is 6. The summed E-state index contributed by atoms with van der Waals surface area (Å²) >= 11 is 0. The molecule has 2 nitrogen and oxygen atoms in total. The molecule has 1 aliphatic rings. The Morgan fingerprint density at radius 1 is 1.60 bits per heavy atom. The van der Waals surface area contributed by atoms with E-state index in [0.717, 1.165) is 45.2 Å². The van der Waals surface area contributed by atoms with E-state index in [1.807, 2.05) is 0 Å². The lowest BCUT2D eigenvalue weighted by molar-refractivity contribution is -0.128. The maximum Gasteiger partial charge on any atom is 0.140 e. The predicted molar refractivity (Wildman–Crippen MR) is 62.5 cm³/mol. The number of ketones is 1. The van der Waals surface area contributed by atoms with E-state index < -0.39 is 0 Å². The molecule has 1 unspecified atom stereocenters. The fourth-order valence-corrected chi connectivity index (χ4v) is 2.43. The van der Waals surface area contributed by atoms with Crippen molar-refractivity contribution >= 4 is 5.78 Å². The minimum Gasteiger partial charge on any atom is -0.316 e. The molecule has 0 bridgehead atoms. The number of hydrogen-bond acceptors (Lipinski definition) is 2. The summed E-state index contributed by atoms with van der Waals surface area (Å²) in [4.78, 5) is 12.1. The molecule has 1 N–H and O–H groups in total. The Morgan fingerprint density at radius 2 is 2.40 bits per heavy atom. The van der Waals surface area contributed by atoms with Gasteiger partial charge in [-0.15, -0.1) is 12.3 Å². The molecule has 1 aliphatic heterocycles. The number of unbranched alkanes of at least 4 members (excludes halogenated alkanes) is 1. The molecule has 1 heterocycles. The first-order valence-electron chi connectivity index (χ1n) is 5.92. The first-order chi connectivity index (χ1) is 7.25. The van der Waals surface area contributed by atoms with Crippen molar-refractivity contribution in [3.8, 4) is 12.3 Å². The molecule has 84 valence electrons. The van der Waals surface area contributed by atoms with Gasteiger partial charge in [-0.3, -0.25) is 4.79 Å². The average Bonchev–Trinajstić information content (AvgIpc) is 2.68. The van der Waals surface area contributed by atoms with Gasteiger partial charge in [-0.05, 0) is 25.8 Å². The zero-order chi connectivity index (χ0) is 11.1. The van der Waals surface area contributed by atoms with Crippen LogP contribution in [0.3, 0.4) is 0 Å². The maximum absolute atomic E-state index is 12.1. The molecule has 1 rings (SSSR count). The van der Waals surface area contributed by atoms with Crippen molar-refractivity contribution < 1.29 is 4.79 Å². The summed E-state index contributed by atoms with van der Waals surface area (Å²) in [6, 6.07) is 0. The Bertz CT molecular complexity index is 246. The second-order valence-corrected chi connectivity index (χ2v) is 4.44. The molecule has 0 aromatic heterocycles. The summed E-state index contributed by atoms with van der Waals surface area (Å²) in [6.45, 7) is 4.01. The van der Waals surface area contributed by atoms with Crippen molar-refractivity contribution in [2.75, 3.05) is 13.1 Å². The monoisotopic (exact) mass is 207 g/mol. The zero-order valence-electron chi connectivity index (χ0n) is 9.64. The van der Waals surface area contributed by atoms with Crippen LogP contribution in [0, 0.1) is 17.8 Å². The van der Waals surface area contributed by atoms with Crippen LogP contribution in [0.4, 0.5) is 0 Å². The molecule has 1 saturated heterocycles. The summed E-state index contributed by atoms with van der Waals surface area (Å²) < 4.78 is 0. The van der Waals surface area contributed by atoms with Crippen LogP contribution in [-0.4, -0.2) is 18.9 Å². The Hall–Kier alpha value is -0.810. The topological polar surface area (TPSA) is 29.1 Å². The molecule has 0 saturated carbocycles. The third-order valence-electron chi connectivity index (χ3n) is 3.29. The normalized spacial score (nSPS) is 25.1. The van der Waals surface area contributed by atoms with Crippen LogP contribution >= 0.6 is 0 Å². The van der Waals surface area contributed by atoms with Crippen LogP contribution in [0.2, 0.25) is 0 Å². The summed E-state index contributed by atoms with van der Waals surface area (Å²) in [5, 5.41) is 3.31. The van der Waals surface area contributed by atoms with Crippen molar-refractivity contribution in [3.63, 3.8) is 0 Å². The molecule has 0 radical (unpaired) electrons. The van der Waals surface area contributed by atoms with Crippen molar-refractivity contribution in [2.24, 2.45) is 5.41 Å². The molecular formula is C13H21NO. The summed E-state index contributed by atoms with van der Waals surface area (Å²) in [5.74, 6) is 3.01. The van der Waals surface area contributed by atoms with Gasteiger partial charge in [0.15, 0.2) is 0 Å². The van der Waals surface area contributed by atoms with Crippen LogP contribution < -0.4 is 5.32 Å². The standard InChI is InChI=1S/C13H21NO/c1-3-5-6-7-12(15)13(8-4-2)9-10-14-11-13/h1,14H,4-11H2,2H3. The molecular weight excluding hydrogens is 186 g/mol. The molecule has 0 amide bonds. The van der Waals surface area contributed by atoms with E-state index in [2.05, 4.69) is 18.2 Å². The number of carbonyl (C=O) groups is 1. The quantitative estimate of drug-likeness (QED) is 0.534. The first kappa shape index (κ1) is 12.3. The SMILES string of the molecule is C#CCCCC(=O)C1(CCC)CCNC1. The lowest BCUT2D eigenvalue weighted by atomic mass is 9.77. The fourth-order valence-electron chi connectivity index (χ4n) is 2.43. The van der Waals surface area contributed by atoms with Crippen LogP contribution in [0.1, 0.15) is 45.4 Å². The van der Waals surface area contributed by atoms with Gasteiger partial charge in [-0.25, -0.2) is 0 Å². The van der Waals surface area contributed by atoms with Gasteiger partial charge in [0, 0.05) is 24.8 Å². The number of Topliss-reactive ketones (excluding diaryl/α,β-unsaturated/α-hetero) is 1. The predicted octanol–water partition coefficient (Wildman–Crippen LogP) is 2.14. The van der Waals surface area contributed by atoms with Gasteiger partial charge < -0.3 is 5.32 Å². The Morgan fingerprint density at radius 3 is 2.93 bits per heavy atom. The molecule has 0 aliphatic carbocycles. The molecule has 1 fully saturated rings. The lowest BCUT2D eigenvalue weighted by Crippen LogP contribution is -2.33. The smallest absolute Gasteiger partial charge is 0.140 e. The number of hydrogen-bond donors (Lipinski definition) is 1. The molecule has 0 aromatic rings. The highest BCUT2D eigenvalue weighted by Gasteiger charge is 2.38. The molecule has 0 aromatic carbocycles. The van der Waals surface area contributed by atoms with Gasteiger partial charge in [0.1, 0.15) is 5.78 Å². The minimum absolute atomic E-state index is 0.0661. The first-order valence-corrected chi connectivity index (χ1v) is 5.92. The molecule has 0 spiro atoms. The van der Waals surface area contributed by atoms with Gasteiger partial charge in [0.05, 0.1) is 0 Å². The fraction of sp³-hybridized carbons (Fsp3) is 0.769.